The molecule has 1 amide bonds. The number of carbonyl (C=O) groups is 1. The van der Waals surface area contributed by atoms with Gasteiger partial charge in [0.2, 0.25) is 0 Å². The summed E-state index contributed by atoms with van der Waals surface area (Å²) in [6.07, 6.45) is 6.98. The number of nitrogens with zero attached hydrogens (tertiary/aromatic N) is 6. The number of H-pyrrole nitrogens is 1. The van der Waals surface area contributed by atoms with Gasteiger partial charge in [-0.15, -0.1) is 0 Å². The van der Waals surface area contributed by atoms with Gasteiger partial charge in [-0.3, -0.25) is 19.3 Å². The summed E-state index contributed by atoms with van der Waals surface area (Å²) in [5.74, 6) is -0.00352. The molecule has 3 aromatic heterocycles. The zero-order chi connectivity index (χ0) is 16.7. The molecule has 1 aliphatic rings. The van der Waals surface area contributed by atoms with Crippen LogP contribution < -0.4 is 0 Å². The average molecular weight is 325 g/mol. The Morgan fingerprint density at radius 1 is 1.25 bits per heavy atom. The molecule has 8 heteroatoms. The topological polar surface area (TPSA) is 84.6 Å². The summed E-state index contributed by atoms with van der Waals surface area (Å²) in [5.41, 5.74) is 4.92. The van der Waals surface area contributed by atoms with E-state index < -0.39 is 0 Å². The van der Waals surface area contributed by atoms with Gasteiger partial charge in [-0.05, 0) is 12.5 Å². The summed E-state index contributed by atoms with van der Waals surface area (Å²) in [7, 11) is 3.86. The van der Waals surface area contributed by atoms with Gasteiger partial charge in [0.15, 0.2) is 0 Å². The molecular weight excluding hydrogens is 306 g/mol. The number of carbonyl (C=O) groups excluding carboxylic acids is 1. The number of aromatic amines is 1. The van der Waals surface area contributed by atoms with Gasteiger partial charge in [0, 0.05) is 62.8 Å². The van der Waals surface area contributed by atoms with E-state index in [1.807, 2.05) is 36.1 Å². The minimum absolute atomic E-state index is 0.00352. The number of hydrogen-bond acceptors (Lipinski definition) is 4. The Morgan fingerprint density at radius 3 is 2.79 bits per heavy atom. The minimum Gasteiger partial charge on any atom is -0.337 e. The lowest BCUT2D eigenvalue weighted by Gasteiger charge is -2.19. The van der Waals surface area contributed by atoms with Crippen molar-refractivity contribution < 1.29 is 4.79 Å². The van der Waals surface area contributed by atoms with Crippen molar-refractivity contribution >= 4 is 5.91 Å². The van der Waals surface area contributed by atoms with Crippen molar-refractivity contribution in [3.05, 3.63) is 41.6 Å². The summed E-state index contributed by atoms with van der Waals surface area (Å²) in [6, 6.07) is 1.71. The maximum absolute atomic E-state index is 12.5. The lowest BCUT2D eigenvalue weighted by atomic mass is 10.1. The van der Waals surface area contributed by atoms with Gasteiger partial charge in [0.05, 0.1) is 11.9 Å². The smallest absolute Gasteiger partial charge is 0.271 e. The van der Waals surface area contributed by atoms with Crippen LogP contribution in [-0.4, -0.2) is 53.7 Å². The van der Waals surface area contributed by atoms with E-state index in [0.717, 1.165) is 24.1 Å². The molecule has 0 radical (unpaired) electrons. The van der Waals surface area contributed by atoms with Crippen LogP contribution in [-0.2, 0) is 26.9 Å². The van der Waals surface area contributed by atoms with Crippen LogP contribution in [0.4, 0.5) is 0 Å². The van der Waals surface area contributed by atoms with Gasteiger partial charge in [0.25, 0.3) is 5.91 Å². The van der Waals surface area contributed by atoms with Crippen LogP contribution in [0.15, 0.2) is 24.7 Å². The van der Waals surface area contributed by atoms with E-state index in [4.69, 9.17) is 0 Å². The van der Waals surface area contributed by atoms with E-state index >= 15 is 0 Å². The second-order valence-electron chi connectivity index (χ2n) is 6.06. The third-order valence-corrected chi connectivity index (χ3v) is 4.52. The number of fused-ring (bicyclic) bond motifs is 1. The molecule has 0 saturated carbocycles. The number of hydrogen-bond donors (Lipinski definition) is 1. The lowest BCUT2D eigenvalue weighted by molar-refractivity contribution is 0.0756. The summed E-state index contributed by atoms with van der Waals surface area (Å²) >= 11 is 0. The summed E-state index contributed by atoms with van der Waals surface area (Å²) in [4.78, 5) is 14.4. The molecule has 0 spiro atoms. The van der Waals surface area contributed by atoms with Crippen molar-refractivity contribution in [3.63, 3.8) is 0 Å². The van der Waals surface area contributed by atoms with Crippen LogP contribution >= 0.6 is 0 Å². The van der Waals surface area contributed by atoms with E-state index in [-0.39, 0.29) is 5.91 Å². The highest BCUT2D eigenvalue weighted by Crippen LogP contribution is 2.27. The fourth-order valence-electron chi connectivity index (χ4n) is 3.30. The molecule has 0 unspecified atom stereocenters. The molecule has 4 rings (SSSR count). The fraction of sp³-hybridized carbons (Fsp3) is 0.375. The van der Waals surface area contributed by atoms with E-state index in [1.54, 1.807) is 16.9 Å². The predicted molar refractivity (Wildman–Crippen MR) is 87.3 cm³/mol. The molecular formula is C16H19N7O. The lowest BCUT2D eigenvalue weighted by Crippen LogP contribution is -2.33. The quantitative estimate of drug-likeness (QED) is 0.755. The molecule has 0 fully saturated rings. The molecule has 3 aromatic rings. The predicted octanol–water partition coefficient (Wildman–Crippen LogP) is 0.785. The number of aromatic nitrogens is 6. The van der Waals surface area contributed by atoms with E-state index in [9.17, 15) is 4.79 Å². The highest BCUT2D eigenvalue weighted by atomic mass is 16.2. The number of amides is 1. The maximum Gasteiger partial charge on any atom is 0.271 e. The van der Waals surface area contributed by atoms with Gasteiger partial charge in [-0.2, -0.15) is 15.3 Å². The Hall–Kier alpha value is -2.90. The second kappa shape index (κ2) is 5.63. The molecule has 1 N–H and O–H groups in total. The van der Waals surface area contributed by atoms with Crippen LogP contribution in [0.1, 0.15) is 21.7 Å². The van der Waals surface area contributed by atoms with Crippen molar-refractivity contribution in [2.24, 2.45) is 14.1 Å². The van der Waals surface area contributed by atoms with Crippen molar-refractivity contribution in [3.8, 4) is 11.3 Å². The first-order chi connectivity index (χ1) is 11.6. The monoisotopic (exact) mass is 325 g/mol. The number of aryl methyl sites for hydroxylation is 2. The summed E-state index contributed by atoms with van der Waals surface area (Å²) in [5, 5.41) is 15.5. The zero-order valence-corrected chi connectivity index (χ0v) is 13.7. The Balaban J connectivity index is 1.62. The van der Waals surface area contributed by atoms with Crippen LogP contribution in [0.3, 0.4) is 0 Å². The molecule has 24 heavy (non-hydrogen) atoms. The van der Waals surface area contributed by atoms with Crippen LogP contribution in [0.2, 0.25) is 0 Å². The highest BCUT2D eigenvalue weighted by molar-refractivity contribution is 5.92. The molecule has 0 aliphatic carbocycles. The van der Waals surface area contributed by atoms with E-state index in [1.165, 1.54) is 11.3 Å². The Labute approximate surface area is 139 Å². The first-order valence-electron chi connectivity index (χ1n) is 7.96. The first-order valence-corrected chi connectivity index (χ1v) is 7.96. The zero-order valence-electron chi connectivity index (χ0n) is 13.7. The SMILES string of the molecule is Cn1cc(-c2nn(C)c3c2CCN(C(=O)c2ccn[nH]2)CC3)cn1. The van der Waals surface area contributed by atoms with Gasteiger partial charge in [-0.25, -0.2) is 0 Å². The van der Waals surface area contributed by atoms with Crippen molar-refractivity contribution in [1.29, 1.82) is 0 Å². The van der Waals surface area contributed by atoms with Crippen molar-refractivity contribution in [1.82, 2.24) is 34.7 Å². The largest absolute Gasteiger partial charge is 0.337 e. The molecule has 8 nitrogen and oxygen atoms in total. The second-order valence-corrected chi connectivity index (χ2v) is 6.06. The van der Waals surface area contributed by atoms with Crippen LogP contribution in [0.5, 0.6) is 0 Å². The van der Waals surface area contributed by atoms with Crippen molar-refractivity contribution in [2.45, 2.75) is 12.8 Å². The Bertz CT molecular complexity index is 875. The third kappa shape index (κ3) is 2.40. The number of rotatable bonds is 2. The molecule has 1 aliphatic heterocycles. The standard InChI is InChI=1S/C16H19N7O/c1-21-10-11(9-18-21)15-12-4-7-23(8-5-14(12)22(2)20-15)16(24)13-3-6-17-19-13/h3,6,9-10H,4-5,7-8H2,1-2H3,(H,17,19). The van der Waals surface area contributed by atoms with E-state index in [0.29, 0.717) is 18.8 Å². The molecule has 4 heterocycles. The van der Waals surface area contributed by atoms with Crippen molar-refractivity contribution in [2.75, 3.05) is 13.1 Å². The number of nitrogens with one attached hydrogen (secondary N) is 1. The first kappa shape index (κ1) is 14.7. The van der Waals surface area contributed by atoms with Gasteiger partial charge in [-0.1, -0.05) is 0 Å². The van der Waals surface area contributed by atoms with E-state index in [2.05, 4.69) is 20.4 Å². The third-order valence-electron chi connectivity index (χ3n) is 4.52. The molecule has 124 valence electrons. The van der Waals surface area contributed by atoms with Gasteiger partial charge >= 0.3 is 0 Å². The van der Waals surface area contributed by atoms with Gasteiger partial charge < -0.3 is 4.90 Å². The molecule has 0 bridgehead atoms. The average Bonchev–Trinajstić information content (AvgIpc) is 3.26. The molecule has 0 saturated heterocycles. The Kier molecular flexibility index (Phi) is 3.44. The molecule has 0 aromatic carbocycles. The van der Waals surface area contributed by atoms with Crippen LogP contribution in [0, 0.1) is 0 Å². The normalized spacial score (nSPS) is 14.5. The Morgan fingerprint density at radius 2 is 2.08 bits per heavy atom. The summed E-state index contributed by atoms with van der Waals surface area (Å²) in [6.45, 7) is 1.35. The fourth-order valence-corrected chi connectivity index (χ4v) is 3.30. The minimum atomic E-state index is -0.00352. The van der Waals surface area contributed by atoms with Gasteiger partial charge in [0.1, 0.15) is 5.69 Å². The summed E-state index contributed by atoms with van der Waals surface area (Å²) < 4.78 is 3.71. The molecule has 0 atom stereocenters. The maximum atomic E-state index is 12.5. The highest BCUT2D eigenvalue weighted by Gasteiger charge is 2.25. The van der Waals surface area contributed by atoms with Crippen LogP contribution in [0.25, 0.3) is 11.3 Å².